The van der Waals surface area contributed by atoms with Crippen LogP contribution in [0.2, 0.25) is 0 Å². The summed E-state index contributed by atoms with van der Waals surface area (Å²) in [4.78, 5) is 0. The third-order valence-electron chi connectivity index (χ3n) is 1.93. The lowest BCUT2D eigenvalue weighted by Crippen LogP contribution is -1.97. The average Bonchev–Trinajstić information content (AvgIpc) is 2.05. The normalized spacial score (nSPS) is 10.3. The molecule has 0 aromatic heterocycles. The smallest absolute Gasteiger partial charge is 0.0342 e. The van der Waals surface area contributed by atoms with Crippen molar-refractivity contribution in [2.75, 3.05) is 11.9 Å². The van der Waals surface area contributed by atoms with Gasteiger partial charge in [-0.1, -0.05) is 26.0 Å². The Balaban J connectivity index is 2.81. The standard InChI is InChI=1S/C11H17N/c1-4-12-11-7-5-6-10(8-11)9(2)3/h5-9,12H,4H2,1-3H3. The summed E-state index contributed by atoms with van der Waals surface area (Å²) in [5.41, 5.74) is 2.62. The first kappa shape index (κ1) is 9.11. The van der Waals surface area contributed by atoms with Crippen LogP contribution in [0.5, 0.6) is 0 Å². The molecule has 0 unspecified atom stereocenters. The van der Waals surface area contributed by atoms with Crippen LogP contribution >= 0.6 is 0 Å². The van der Waals surface area contributed by atoms with Crippen LogP contribution in [-0.2, 0) is 0 Å². The number of nitrogens with one attached hydrogen (secondary N) is 1. The first-order valence-electron chi connectivity index (χ1n) is 4.58. The average molecular weight is 163 g/mol. The van der Waals surface area contributed by atoms with E-state index in [2.05, 4.69) is 50.4 Å². The van der Waals surface area contributed by atoms with Crippen molar-refractivity contribution >= 4 is 5.69 Å². The fourth-order valence-corrected chi connectivity index (χ4v) is 1.21. The predicted octanol–water partition coefficient (Wildman–Crippen LogP) is 3.24. The Hall–Kier alpha value is -0.980. The van der Waals surface area contributed by atoms with Crippen LogP contribution < -0.4 is 5.32 Å². The van der Waals surface area contributed by atoms with E-state index in [4.69, 9.17) is 0 Å². The van der Waals surface area contributed by atoms with Crippen LogP contribution in [0.4, 0.5) is 5.69 Å². The SMILES string of the molecule is CCNc1cccc(C(C)C)c1. The minimum atomic E-state index is 0.614. The van der Waals surface area contributed by atoms with E-state index in [1.165, 1.54) is 11.3 Å². The molecule has 66 valence electrons. The zero-order valence-electron chi connectivity index (χ0n) is 8.09. The fraction of sp³-hybridized carbons (Fsp3) is 0.455. The Morgan fingerprint density at radius 1 is 1.33 bits per heavy atom. The Labute approximate surface area is 74.8 Å². The van der Waals surface area contributed by atoms with Crippen molar-refractivity contribution in [3.05, 3.63) is 29.8 Å². The van der Waals surface area contributed by atoms with Crippen molar-refractivity contribution < 1.29 is 0 Å². The van der Waals surface area contributed by atoms with Crippen molar-refractivity contribution in [1.29, 1.82) is 0 Å². The largest absolute Gasteiger partial charge is 0.385 e. The maximum atomic E-state index is 3.30. The van der Waals surface area contributed by atoms with E-state index >= 15 is 0 Å². The van der Waals surface area contributed by atoms with Gasteiger partial charge in [-0.2, -0.15) is 0 Å². The molecular formula is C11H17N. The fourth-order valence-electron chi connectivity index (χ4n) is 1.21. The summed E-state index contributed by atoms with van der Waals surface area (Å²) in [7, 11) is 0. The van der Waals surface area contributed by atoms with Gasteiger partial charge in [-0.3, -0.25) is 0 Å². The quantitative estimate of drug-likeness (QED) is 0.721. The summed E-state index contributed by atoms with van der Waals surface area (Å²) in [6, 6.07) is 8.60. The molecule has 1 rings (SSSR count). The molecule has 1 aromatic carbocycles. The Bertz CT molecular complexity index is 241. The molecule has 1 N–H and O–H groups in total. The van der Waals surface area contributed by atoms with Gasteiger partial charge in [0, 0.05) is 12.2 Å². The monoisotopic (exact) mass is 163 g/mol. The lowest BCUT2D eigenvalue weighted by atomic mass is 10.0. The van der Waals surface area contributed by atoms with E-state index in [1.807, 2.05) is 0 Å². The summed E-state index contributed by atoms with van der Waals surface area (Å²) in [6.07, 6.45) is 0. The van der Waals surface area contributed by atoms with Crippen molar-refractivity contribution in [3.63, 3.8) is 0 Å². The molecule has 0 aliphatic heterocycles. The van der Waals surface area contributed by atoms with Gasteiger partial charge in [-0.25, -0.2) is 0 Å². The molecule has 0 radical (unpaired) electrons. The van der Waals surface area contributed by atoms with E-state index in [1.54, 1.807) is 0 Å². The summed E-state index contributed by atoms with van der Waals surface area (Å²) in [5.74, 6) is 0.614. The second-order valence-electron chi connectivity index (χ2n) is 3.31. The van der Waals surface area contributed by atoms with Gasteiger partial charge in [-0.15, -0.1) is 0 Å². The molecule has 0 atom stereocenters. The van der Waals surface area contributed by atoms with Gasteiger partial charge >= 0.3 is 0 Å². The van der Waals surface area contributed by atoms with Gasteiger partial charge in [0.1, 0.15) is 0 Å². The summed E-state index contributed by atoms with van der Waals surface area (Å²) >= 11 is 0. The third kappa shape index (κ3) is 2.26. The van der Waals surface area contributed by atoms with Crippen LogP contribution in [0.15, 0.2) is 24.3 Å². The molecule has 0 saturated heterocycles. The predicted molar refractivity (Wildman–Crippen MR) is 54.7 cm³/mol. The van der Waals surface area contributed by atoms with Gasteiger partial charge in [0.2, 0.25) is 0 Å². The van der Waals surface area contributed by atoms with Crippen molar-refractivity contribution in [1.82, 2.24) is 0 Å². The van der Waals surface area contributed by atoms with E-state index in [0.717, 1.165) is 6.54 Å². The van der Waals surface area contributed by atoms with Crippen LogP contribution in [0.1, 0.15) is 32.3 Å². The minimum absolute atomic E-state index is 0.614. The lowest BCUT2D eigenvalue weighted by Gasteiger charge is -2.08. The van der Waals surface area contributed by atoms with Gasteiger partial charge in [-0.05, 0) is 30.5 Å². The minimum Gasteiger partial charge on any atom is -0.385 e. The number of rotatable bonds is 3. The number of benzene rings is 1. The highest BCUT2D eigenvalue weighted by molar-refractivity contribution is 5.46. The zero-order chi connectivity index (χ0) is 8.97. The summed E-state index contributed by atoms with van der Waals surface area (Å²) < 4.78 is 0. The molecule has 1 heteroatoms. The van der Waals surface area contributed by atoms with Crippen LogP contribution in [0, 0.1) is 0 Å². The first-order valence-corrected chi connectivity index (χ1v) is 4.58. The highest BCUT2D eigenvalue weighted by Gasteiger charge is 1.98. The maximum Gasteiger partial charge on any atom is 0.0342 e. The third-order valence-corrected chi connectivity index (χ3v) is 1.93. The molecular weight excluding hydrogens is 146 g/mol. The van der Waals surface area contributed by atoms with Crippen molar-refractivity contribution in [3.8, 4) is 0 Å². The van der Waals surface area contributed by atoms with Gasteiger partial charge in [0.15, 0.2) is 0 Å². The molecule has 0 saturated carbocycles. The van der Waals surface area contributed by atoms with Crippen LogP contribution in [-0.4, -0.2) is 6.54 Å². The number of hydrogen-bond donors (Lipinski definition) is 1. The van der Waals surface area contributed by atoms with Gasteiger partial charge in [0.05, 0.1) is 0 Å². The molecule has 0 amide bonds. The number of hydrogen-bond acceptors (Lipinski definition) is 1. The topological polar surface area (TPSA) is 12.0 Å². The highest BCUT2D eigenvalue weighted by atomic mass is 14.8. The molecule has 1 aromatic rings. The van der Waals surface area contributed by atoms with E-state index < -0.39 is 0 Å². The van der Waals surface area contributed by atoms with E-state index in [9.17, 15) is 0 Å². The highest BCUT2D eigenvalue weighted by Crippen LogP contribution is 2.17. The van der Waals surface area contributed by atoms with Gasteiger partial charge in [0.25, 0.3) is 0 Å². The van der Waals surface area contributed by atoms with Crippen LogP contribution in [0.3, 0.4) is 0 Å². The molecule has 0 fully saturated rings. The van der Waals surface area contributed by atoms with Gasteiger partial charge < -0.3 is 5.32 Å². The van der Waals surface area contributed by atoms with Crippen molar-refractivity contribution in [2.45, 2.75) is 26.7 Å². The summed E-state index contributed by atoms with van der Waals surface area (Å²) in [5, 5.41) is 3.30. The molecule has 0 spiro atoms. The lowest BCUT2D eigenvalue weighted by molar-refractivity contribution is 0.867. The molecule has 12 heavy (non-hydrogen) atoms. The van der Waals surface area contributed by atoms with E-state index in [-0.39, 0.29) is 0 Å². The zero-order valence-corrected chi connectivity index (χ0v) is 8.09. The first-order chi connectivity index (χ1) is 5.74. The Morgan fingerprint density at radius 2 is 2.08 bits per heavy atom. The number of anilines is 1. The van der Waals surface area contributed by atoms with Crippen molar-refractivity contribution in [2.24, 2.45) is 0 Å². The van der Waals surface area contributed by atoms with E-state index in [0.29, 0.717) is 5.92 Å². The second kappa shape index (κ2) is 4.15. The van der Waals surface area contributed by atoms with Crippen LogP contribution in [0.25, 0.3) is 0 Å². The molecule has 0 aliphatic carbocycles. The molecule has 0 aliphatic rings. The molecule has 0 bridgehead atoms. The Morgan fingerprint density at radius 3 is 2.67 bits per heavy atom. The maximum absolute atomic E-state index is 3.30. The molecule has 1 nitrogen and oxygen atoms in total. The second-order valence-corrected chi connectivity index (χ2v) is 3.31. The Kier molecular flexibility index (Phi) is 3.15. The summed E-state index contributed by atoms with van der Waals surface area (Å²) in [6.45, 7) is 7.53. The molecule has 0 heterocycles.